The molecular weight excluding hydrogens is 673 g/mol. The van der Waals surface area contributed by atoms with Crippen LogP contribution in [0.1, 0.15) is 0 Å². The molecule has 0 N–H and O–H groups in total. The Balaban J connectivity index is 1.29. The zero-order chi connectivity index (χ0) is 37.0. The molecule has 0 fully saturated rings. The van der Waals surface area contributed by atoms with Gasteiger partial charge in [-0.15, -0.1) is 0 Å². The molecule has 0 atom stereocenters. The minimum Gasteiger partial charge on any atom is -0.0622 e. The van der Waals surface area contributed by atoms with Gasteiger partial charge >= 0.3 is 0 Å². The fraction of sp³-hybridized carbons (Fsp3) is 0. The largest absolute Gasteiger partial charge is 0.0622 e. The maximum Gasteiger partial charge on any atom is -0.00199 e. The predicted octanol–water partition coefficient (Wildman–Crippen LogP) is 15.8. The van der Waals surface area contributed by atoms with Crippen molar-refractivity contribution in [3.8, 4) is 55.6 Å². The molecule has 0 unspecified atom stereocenters. The monoisotopic (exact) mass is 708 g/mol. The lowest BCUT2D eigenvalue weighted by Crippen LogP contribution is -1.94. The minimum absolute atomic E-state index is 1.20. The number of hydrogen-bond acceptors (Lipinski definition) is 0. The van der Waals surface area contributed by atoms with E-state index in [1.54, 1.807) is 0 Å². The normalized spacial score (nSPS) is 11.6. The van der Waals surface area contributed by atoms with Crippen molar-refractivity contribution in [2.45, 2.75) is 0 Å². The number of fused-ring (bicyclic) bond motifs is 6. The molecule has 260 valence electrons. The van der Waals surface area contributed by atoms with E-state index in [1.165, 1.54) is 109 Å². The summed E-state index contributed by atoms with van der Waals surface area (Å²) in [5, 5.41) is 12.4. The standard InChI is InChI=1S/C56H36/c1-3-13-37(14-4-1)45-27-29-49-50-30-28-46(52-34-44-22-12-11-21-43(44)33-51(52)40-17-5-2-6-18-40)36-54(50)56(48-26-24-39-16-8-10-20-42(39)32-48)55(53(49)35-45)47-25-23-38-15-7-9-19-41(38)31-47/h1-36H. The van der Waals surface area contributed by atoms with Crippen molar-refractivity contribution < 1.29 is 0 Å². The van der Waals surface area contributed by atoms with Crippen LogP contribution in [-0.4, -0.2) is 0 Å². The Morgan fingerprint density at radius 2 is 0.554 bits per heavy atom. The SMILES string of the molecule is c1ccc(-c2ccc3c(c2)c(-c2ccc4ccccc4c2)c(-c2ccc4ccccc4c2)c2cc(-c4cc5ccccc5cc4-c4ccccc4)ccc23)cc1. The number of rotatable bonds is 5. The molecule has 11 aromatic rings. The van der Waals surface area contributed by atoms with Gasteiger partial charge in [0.25, 0.3) is 0 Å². The van der Waals surface area contributed by atoms with Crippen LogP contribution in [0, 0.1) is 0 Å². The highest BCUT2D eigenvalue weighted by Gasteiger charge is 2.21. The first-order chi connectivity index (χ1) is 27.7. The Morgan fingerprint density at radius 1 is 0.179 bits per heavy atom. The summed E-state index contributed by atoms with van der Waals surface area (Å²) >= 11 is 0. The van der Waals surface area contributed by atoms with Crippen LogP contribution in [0.15, 0.2) is 218 Å². The quantitative estimate of drug-likeness (QED) is 0.156. The second-order valence-corrected chi connectivity index (χ2v) is 14.9. The summed E-state index contributed by atoms with van der Waals surface area (Å²) in [5.41, 5.74) is 12.2. The van der Waals surface area contributed by atoms with Gasteiger partial charge in [-0.2, -0.15) is 0 Å². The Morgan fingerprint density at radius 3 is 1.07 bits per heavy atom. The van der Waals surface area contributed by atoms with Gasteiger partial charge in [0, 0.05) is 0 Å². The van der Waals surface area contributed by atoms with E-state index in [2.05, 4.69) is 218 Å². The Bertz CT molecular complexity index is 3280. The fourth-order valence-electron chi connectivity index (χ4n) is 8.84. The van der Waals surface area contributed by atoms with Gasteiger partial charge in [0.05, 0.1) is 0 Å². The maximum absolute atomic E-state index is 2.46. The van der Waals surface area contributed by atoms with Crippen LogP contribution in [-0.2, 0) is 0 Å². The Kier molecular flexibility index (Phi) is 7.60. The van der Waals surface area contributed by atoms with Crippen molar-refractivity contribution in [2.24, 2.45) is 0 Å². The summed E-state index contributed by atoms with van der Waals surface area (Å²) in [6.07, 6.45) is 0. The van der Waals surface area contributed by atoms with Crippen molar-refractivity contribution >= 4 is 53.9 Å². The molecule has 0 heteroatoms. The van der Waals surface area contributed by atoms with Gasteiger partial charge in [-0.25, -0.2) is 0 Å². The first-order valence-electron chi connectivity index (χ1n) is 19.4. The van der Waals surface area contributed by atoms with Gasteiger partial charge in [0.1, 0.15) is 0 Å². The topological polar surface area (TPSA) is 0 Å². The van der Waals surface area contributed by atoms with Crippen LogP contribution in [0.4, 0.5) is 0 Å². The van der Waals surface area contributed by atoms with Crippen molar-refractivity contribution in [2.75, 3.05) is 0 Å². The molecular formula is C56H36. The molecule has 11 rings (SSSR count). The van der Waals surface area contributed by atoms with E-state index in [-0.39, 0.29) is 0 Å². The van der Waals surface area contributed by atoms with Gasteiger partial charge < -0.3 is 0 Å². The Labute approximate surface area is 326 Å². The van der Waals surface area contributed by atoms with Crippen LogP contribution >= 0.6 is 0 Å². The Hall–Kier alpha value is -7.28. The lowest BCUT2D eigenvalue weighted by Gasteiger charge is -2.21. The van der Waals surface area contributed by atoms with Gasteiger partial charge in [-0.1, -0.05) is 182 Å². The molecule has 0 bridgehead atoms. The van der Waals surface area contributed by atoms with E-state index < -0.39 is 0 Å². The molecule has 0 spiro atoms. The minimum atomic E-state index is 1.20. The third kappa shape index (κ3) is 5.46. The molecule has 0 saturated heterocycles. The van der Waals surface area contributed by atoms with Gasteiger partial charge in [0.15, 0.2) is 0 Å². The van der Waals surface area contributed by atoms with Gasteiger partial charge in [0.2, 0.25) is 0 Å². The van der Waals surface area contributed by atoms with Crippen LogP contribution in [0.25, 0.3) is 109 Å². The molecule has 0 amide bonds. The molecule has 0 aliphatic carbocycles. The lowest BCUT2D eigenvalue weighted by molar-refractivity contribution is 1.61. The lowest BCUT2D eigenvalue weighted by atomic mass is 9.82. The summed E-state index contributed by atoms with van der Waals surface area (Å²) in [4.78, 5) is 0. The van der Waals surface area contributed by atoms with E-state index >= 15 is 0 Å². The second-order valence-electron chi connectivity index (χ2n) is 14.9. The van der Waals surface area contributed by atoms with E-state index in [9.17, 15) is 0 Å². The molecule has 0 radical (unpaired) electrons. The first-order valence-corrected chi connectivity index (χ1v) is 19.4. The molecule has 0 aliphatic rings. The van der Waals surface area contributed by atoms with E-state index in [4.69, 9.17) is 0 Å². The van der Waals surface area contributed by atoms with Crippen LogP contribution in [0.3, 0.4) is 0 Å². The summed E-state index contributed by atoms with van der Waals surface area (Å²) in [6, 6.07) is 80.7. The van der Waals surface area contributed by atoms with E-state index in [0.29, 0.717) is 0 Å². The zero-order valence-electron chi connectivity index (χ0n) is 30.8. The van der Waals surface area contributed by atoms with Crippen LogP contribution in [0.5, 0.6) is 0 Å². The molecule has 0 heterocycles. The second kappa shape index (κ2) is 13.2. The summed E-state index contributed by atoms with van der Waals surface area (Å²) < 4.78 is 0. The average molecular weight is 709 g/mol. The highest BCUT2D eigenvalue weighted by molar-refractivity contribution is 6.23. The maximum atomic E-state index is 2.46. The van der Waals surface area contributed by atoms with Crippen molar-refractivity contribution in [1.29, 1.82) is 0 Å². The van der Waals surface area contributed by atoms with E-state index in [1.807, 2.05) is 0 Å². The third-order valence-corrected chi connectivity index (χ3v) is 11.6. The molecule has 0 saturated carbocycles. The van der Waals surface area contributed by atoms with E-state index in [0.717, 1.165) is 0 Å². The van der Waals surface area contributed by atoms with Crippen LogP contribution < -0.4 is 0 Å². The third-order valence-electron chi connectivity index (χ3n) is 11.6. The van der Waals surface area contributed by atoms with Crippen LogP contribution in [0.2, 0.25) is 0 Å². The highest BCUT2D eigenvalue weighted by atomic mass is 14.2. The molecule has 11 aromatic carbocycles. The summed E-state index contributed by atoms with van der Waals surface area (Å²) in [7, 11) is 0. The first kappa shape index (κ1) is 32.2. The van der Waals surface area contributed by atoms with Crippen molar-refractivity contribution in [1.82, 2.24) is 0 Å². The van der Waals surface area contributed by atoms with Crippen molar-refractivity contribution in [3.05, 3.63) is 218 Å². The predicted molar refractivity (Wildman–Crippen MR) is 241 cm³/mol. The van der Waals surface area contributed by atoms with Gasteiger partial charge in [-0.05, 0) is 146 Å². The van der Waals surface area contributed by atoms with Gasteiger partial charge in [-0.3, -0.25) is 0 Å². The highest BCUT2D eigenvalue weighted by Crippen LogP contribution is 2.48. The molecule has 0 aliphatic heterocycles. The number of benzene rings is 11. The molecule has 0 aromatic heterocycles. The summed E-state index contributed by atoms with van der Waals surface area (Å²) in [5.74, 6) is 0. The molecule has 56 heavy (non-hydrogen) atoms. The zero-order valence-corrected chi connectivity index (χ0v) is 30.8. The average Bonchev–Trinajstić information content (AvgIpc) is 3.28. The van der Waals surface area contributed by atoms with Crippen molar-refractivity contribution in [3.63, 3.8) is 0 Å². The fourth-order valence-corrected chi connectivity index (χ4v) is 8.84. The summed E-state index contributed by atoms with van der Waals surface area (Å²) in [6.45, 7) is 0. The number of hydrogen-bond donors (Lipinski definition) is 0. The smallest absolute Gasteiger partial charge is 0.00199 e. The molecule has 0 nitrogen and oxygen atoms in total.